The van der Waals surface area contributed by atoms with Crippen molar-refractivity contribution >= 4 is 11.8 Å². The highest BCUT2D eigenvalue weighted by Gasteiger charge is 2.29. The van der Waals surface area contributed by atoms with Gasteiger partial charge in [-0.25, -0.2) is 4.79 Å². The number of hydrogen-bond acceptors (Lipinski definition) is 6. The maximum atomic E-state index is 12.7. The van der Waals surface area contributed by atoms with Gasteiger partial charge in [0.2, 0.25) is 5.76 Å². The fourth-order valence-electron chi connectivity index (χ4n) is 2.61. The highest BCUT2D eigenvalue weighted by atomic mass is 16.5. The Morgan fingerprint density at radius 2 is 1.96 bits per heavy atom. The quantitative estimate of drug-likeness (QED) is 0.506. The first-order chi connectivity index (χ1) is 11.4. The minimum atomic E-state index is -0.878. The van der Waals surface area contributed by atoms with E-state index in [1.807, 2.05) is 13.8 Å². The Morgan fingerprint density at radius 1 is 1.25 bits per heavy atom. The van der Waals surface area contributed by atoms with E-state index in [0.717, 1.165) is 5.56 Å². The van der Waals surface area contributed by atoms with Crippen LogP contribution < -0.4 is 9.47 Å². The van der Waals surface area contributed by atoms with Crippen molar-refractivity contribution in [3.8, 4) is 11.5 Å². The summed E-state index contributed by atoms with van der Waals surface area (Å²) >= 11 is 0. The second-order valence-electron chi connectivity index (χ2n) is 5.70. The number of aryl methyl sites for hydroxylation is 1. The molecular formula is C18H22O6. The maximum Gasteiger partial charge on any atom is 0.373 e. The second kappa shape index (κ2) is 7.38. The van der Waals surface area contributed by atoms with Crippen molar-refractivity contribution in [3.63, 3.8) is 0 Å². The summed E-state index contributed by atoms with van der Waals surface area (Å²) in [4.78, 5) is 24.4. The molecular weight excluding hydrogens is 312 g/mol. The van der Waals surface area contributed by atoms with Gasteiger partial charge in [-0.15, -0.1) is 0 Å². The highest BCUT2D eigenvalue weighted by molar-refractivity contribution is 6.14. The molecule has 6 nitrogen and oxygen atoms in total. The topological polar surface area (TPSA) is 82.1 Å². The number of allylic oxidation sites excluding steroid dienone is 1. The Balaban J connectivity index is 2.45. The molecule has 0 heterocycles. The molecule has 0 fully saturated rings. The largest absolute Gasteiger partial charge is 0.502 e. The van der Waals surface area contributed by atoms with Gasteiger partial charge in [0.25, 0.3) is 0 Å². The summed E-state index contributed by atoms with van der Waals surface area (Å²) in [6, 6.07) is 3.37. The first-order valence-corrected chi connectivity index (χ1v) is 7.90. The van der Waals surface area contributed by atoms with Gasteiger partial charge >= 0.3 is 5.97 Å². The van der Waals surface area contributed by atoms with Crippen molar-refractivity contribution in [1.82, 2.24) is 0 Å². The second-order valence-corrected chi connectivity index (χ2v) is 5.70. The molecule has 0 spiro atoms. The number of aliphatic hydroxyl groups excluding tert-OH is 1. The average Bonchev–Trinajstić information content (AvgIpc) is 2.54. The molecule has 0 atom stereocenters. The Bertz CT molecular complexity index is 687. The molecule has 1 aromatic carbocycles. The predicted molar refractivity (Wildman–Crippen MR) is 87.7 cm³/mol. The lowest BCUT2D eigenvalue weighted by Gasteiger charge is -2.21. The van der Waals surface area contributed by atoms with Gasteiger partial charge in [-0.3, -0.25) is 4.79 Å². The summed E-state index contributed by atoms with van der Waals surface area (Å²) in [5.74, 6) is -0.877. The average molecular weight is 334 g/mol. The fraction of sp³-hybridized carbons (Fsp3) is 0.444. The molecule has 1 aromatic rings. The van der Waals surface area contributed by atoms with Crippen molar-refractivity contribution in [3.05, 3.63) is 34.6 Å². The molecule has 24 heavy (non-hydrogen) atoms. The molecule has 0 bridgehead atoms. The van der Waals surface area contributed by atoms with Crippen LogP contribution in [0.1, 0.15) is 43.1 Å². The minimum absolute atomic E-state index is 0.0709. The number of carbonyl (C=O) groups excluding carboxylic acids is 2. The summed E-state index contributed by atoms with van der Waals surface area (Å²) in [5, 5.41) is 10.0. The van der Waals surface area contributed by atoms with Crippen LogP contribution in [0, 0.1) is 0 Å². The smallest absolute Gasteiger partial charge is 0.373 e. The van der Waals surface area contributed by atoms with Gasteiger partial charge in [0.15, 0.2) is 17.3 Å². The number of ketones is 1. The van der Waals surface area contributed by atoms with E-state index in [1.54, 1.807) is 19.1 Å². The highest BCUT2D eigenvalue weighted by Crippen LogP contribution is 2.36. The van der Waals surface area contributed by atoms with Crippen molar-refractivity contribution in [2.45, 2.75) is 39.7 Å². The number of rotatable bonds is 5. The third-order valence-corrected chi connectivity index (χ3v) is 3.67. The number of aliphatic hydroxyl groups is 1. The first-order valence-electron chi connectivity index (χ1n) is 7.90. The van der Waals surface area contributed by atoms with Crippen LogP contribution in [0.25, 0.3) is 0 Å². The lowest BCUT2D eigenvalue weighted by Crippen LogP contribution is -2.20. The monoisotopic (exact) mass is 334 g/mol. The first kappa shape index (κ1) is 17.8. The van der Waals surface area contributed by atoms with E-state index in [2.05, 4.69) is 0 Å². The Kier molecular flexibility index (Phi) is 5.49. The summed E-state index contributed by atoms with van der Waals surface area (Å²) < 4.78 is 15.8. The summed E-state index contributed by atoms with van der Waals surface area (Å²) in [6.07, 6.45) is 0.695. The molecule has 0 saturated carbocycles. The van der Waals surface area contributed by atoms with Crippen molar-refractivity contribution in [2.24, 2.45) is 0 Å². The van der Waals surface area contributed by atoms with Gasteiger partial charge in [-0.2, -0.15) is 0 Å². The van der Waals surface area contributed by atoms with Crippen LogP contribution in [0.5, 0.6) is 11.5 Å². The number of methoxy groups -OCH3 is 1. The number of esters is 1. The van der Waals surface area contributed by atoms with E-state index in [-0.39, 0.29) is 24.7 Å². The SMILES string of the molecule is CCOC(=O)/C(O)=C1\CCc2cc(OC)c(OC(C)C)cc2C1=O. The van der Waals surface area contributed by atoms with E-state index >= 15 is 0 Å². The molecule has 6 heteroatoms. The van der Waals surface area contributed by atoms with Gasteiger partial charge in [-0.05, 0) is 51.3 Å². The van der Waals surface area contributed by atoms with Gasteiger partial charge in [-0.1, -0.05) is 0 Å². The number of ether oxygens (including phenoxy) is 3. The number of hydrogen-bond donors (Lipinski definition) is 1. The van der Waals surface area contributed by atoms with Gasteiger partial charge in [0.1, 0.15) is 0 Å². The number of Topliss-reactive ketones (excluding diaryl/α,β-unsaturated/α-hetero) is 1. The summed E-state index contributed by atoms with van der Waals surface area (Å²) in [5.41, 5.74) is 1.28. The fourth-order valence-corrected chi connectivity index (χ4v) is 2.61. The van der Waals surface area contributed by atoms with Gasteiger partial charge in [0, 0.05) is 11.1 Å². The maximum absolute atomic E-state index is 12.7. The minimum Gasteiger partial charge on any atom is -0.502 e. The molecule has 0 radical (unpaired) electrons. The Labute approximate surface area is 141 Å². The van der Waals surface area contributed by atoms with Crippen molar-refractivity contribution < 1.29 is 28.9 Å². The van der Waals surface area contributed by atoms with Crippen LogP contribution in [0.4, 0.5) is 0 Å². The third kappa shape index (κ3) is 3.53. The van der Waals surface area contributed by atoms with E-state index < -0.39 is 17.5 Å². The van der Waals surface area contributed by atoms with Crippen LogP contribution >= 0.6 is 0 Å². The molecule has 0 unspecified atom stereocenters. The van der Waals surface area contributed by atoms with E-state index in [1.165, 1.54) is 7.11 Å². The molecule has 1 aliphatic carbocycles. The number of benzene rings is 1. The predicted octanol–water partition coefficient (Wildman–Crippen LogP) is 2.99. The standard InChI is InChI=1S/C18H22O6/c1-5-23-18(21)17(20)12-7-6-11-8-14(22-4)15(24-10(2)3)9-13(11)16(12)19/h8-10,20H,5-7H2,1-4H3/b17-12-. The van der Waals surface area contributed by atoms with E-state index in [9.17, 15) is 14.7 Å². The number of fused-ring (bicyclic) bond motifs is 1. The van der Waals surface area contributed by atoms with Gasteiger partial charge in [0.05, 0.1) is 19.8 Å². The lowest BCUT2D eigenvalue weighted by atomic mass is 9.85. The molecule has 1 N–H and O–H groups in total. The zero-order chi connectivity index (χ0) is 17.9. The van der Waals surface area contributed by atoms with Crippen molar-refractivity contribution in [1.29, 1.82) is 0 Å². The Morgan fingerprint density at radius 3 is 2.54 bits per heavy atom. The van der Waals surface area contributed by atoms with Crippen LogP contribution in [-0.2, 0) is 16.0 Å². The Hall–Kier alpha value is -2.50. The molecule has 0 saturated heterocycles. The zero-order valence-electron chi connectivity index (χ0n) is 14.3. The number of carbonyl (C=O) groups is 2. The molecule has 1 aliphatic rings. The summed E-state index contributed by atoms with van der Waals surface area (Å²) in [7, 11) is 1.54. The summed E-state index contributed by atoms with van der Waals surface area (Å²) in [6.45, 7) is 5.51. The molecule has 2 rings (SSSR count). The van der Waals surface area contributed by atoms with Crippen molar-refractivity contribution in [2.75, 3.05) is 13.7 Å². The van der Waals surface area contributed by atoms with Crippen LogP contribution in [0.3, 0.4) is 0 Å². The van der Waals surface area contributed by atoms with E-state index in [0.29, 0.717) is 23.5 Å². The van der Waals surface area contributed by atoms with Gasteiger partial charge < -0.3 is 19.3 Å². The molecule has 0 amide bonds. The lowest BCUT2D eigenvalue weighted by molar-refractivity contribution is -0.141. The normalized spacial score (nSPS) is 15.8. The molecule has 0 aliphatic heterocycles. The van der Waals surface area contributed by atoms with E-state index in [4.69, 9.17) is 14.2 Å². The molecule has 130 valence electrons. The van der Waals surface area contributed by atoms with Crippen LogP contribution in [0.15, 0.2) is 23.5 Å². The molecule has 0 aromatic heterocycles. The van der Waals surface area contributed by atoms with Crippen LogP contribution in [0.2, 0.25) is 0 Å². The van der Waals surface area contributed by atoms with Crippen LogP contribution in [-0.4, -0.2) is 36.7 Å². The zero-order valence-corrected chi connectivity index (χ0v) is 14.3. The third-order valence-electron chi connectivity index (χ3n) is 3.67.